The molecule has 1 N–H and O–H groups in total. The number of halogens is 2. The highest BCUT2D eigenvalue weighted by Crippen LogP contribution is 2.26. The first kappa shape index (κ1) is 15.6. The lowest BCUT2D eigenvalue weighted by Gasteiger charge is -2.05. The average molecular weight is 396 g/mol. The summed E-state index contributed by atoms with van der Waals surface area (Å²) in [6.45, 7) is 0. The van der Waals surface area contributed by atoms with Crippen LogP contribution in [-0.4, -0.2) is 16.3 Å². The molecular formula is C16H12BrClN2OS. The quantitative estimate of drug-likeness (QED) is 0.827. The van der Waals surface area contributed by atoms with Gasteiger partial charge in [0.1, 0.15) is 0 Å². The van der Waals surface area contributed by atoms with Gasteiger partial charge in [0.15, 0.2) is 5.17 Å². The number of rotatable bonds is 3. The summed E-state index contributed by atoms with van der Waals surface area (Å²) in [7, 11) is 0. The van der Waals surface area contributed by atoms with Gasteiger partial charge in [-0.2, -0.15) is 0 Å². The Morgan fingerprint density at radius 1 is 1.14 bits per heavy atom. The predicted molar refractivity (Wildman–Crippen MR) is 95.9 cm³/mol. The maximum Gasteiger partial charge on any atom is 0.239 e. The molecule has 0 radical (unpaired) electrons. The Kier molecular flexibility index (Phi) is 4.86. The van der Waals surface area contributed by atoms with E-state index in [1.54, 1.807) is 12.1 Å². The number of nitrogens with one attached hydrogen (secondary N) is 1. The van der Waals surface area contributed by atoms with Gasteiger partial charge in [-0.15, -0.1) is 0 Å². The zero-order valence-electron chi connectivity index (χ0n) is 11.4. The van der Waals surface area contributed by atoms with E-state index in [-0.39, 0.29) is 11.2 Å². The van der Waals surface area contributed by atoms with Crippen LogP contribution < -0.4 is 5.32 Å². The van der Waals surface area contributed by atoms with Crippen molar-refractivity contribution >= 4 is 56.1 Å². The molecule has 3 nitrogen and oxygen atoms in total. The minimum atomic E-state index is -0.146. The number of carbonyl (C=O) groups excluding carboxylic acids is 1. The van der Waals surface area contributed by atoms with Crippen LogP contribution in [0.15, 0.2) is 58.0 Å². The average Bonchev–Trinajstić information content (AvgIpc) is 2.84. The van der Waals surface area contributed by atoms with Crippen LogP contribution in [0, 0.1) is 0 Å². The summed E-state index contributed by atoms with van der Waals surface area (Å²) in [6, 6.07) is 15.2. The molecular weight excluding hydrogens is 384 g/mol. The van der Waals surface area contributed by atoms with Crippen LogP contribution in [0.5, 0.6) is 0 Å². The molecule has 3 rings (SSSR count). The van der Waals surface area contributed by atoms with Gasteiger partial charge in [-0.25, -0.2) is 4.99 Å². The Labute approximate surface area is 146 Å². The normalized spacial score (nSPS) is 19.5. The summed E-state index contributed by atoms with van der Waals surface area (Å²) in [6.07, 6.45) is 0.684. The molecule has 1 heterocycles. The van der Waals surface area contributed by atoms with Gasteiger partial charge in [-0.1, -0.05) is 51.4 Å². The van der Waals surface area contributed by atoms with E-state index < -0.39 is 0 Å². The van der Waals surface area contributed by atoms with Gasteiger partial charge in [0.2, 0.25) is 5.91 Å². The van der Waals surface area contributed by atoms with E-state index in [9.17, 15) is 4.79 Å². The van der Waals surface area contributed by atoms with Gasteiger partial charge in [0, 0.05) is 9.50 Å². The molecule has 2 aromatic rings. The molecule has 1 aliphatic rings. The summed E-state index contributed by atoms with van der Waals surface area (Å²) >= 11 is 10.7. The van der Waals surface area contributed by atoms with E-state index in [2.05, 4.69) is 26.2 Å². The first-order chi connectivity index (χ1) is 10.6. The highest BCUT2D eigenvalue weighted by atomic mass is 79.9. The first-order valence-corrected chi connectivity index (χ1v) is 8.71. The highest BCUT2D eigenvalue weighted by Gasteiger charge is 2.30. The molecule has 0 aliphatic carbocycles. The number of aliphatic imine (C=N–C) groups is 1. The number of thioether (sulfide) groups is 1. The van der Waals surface area contributed by atoms with Crippen molar-refractivity contribution in [2.75, 3.05) is 0 Å². The van der Waals surface area contributed by atoms with Crippen molar-refractivity contribution in [3.8, 4) is 0 Å². The molecule has 0 aromatic heterocycles. The summed E-state index contributed by atoms with van der Waals surface area (Å²) in [4.78, 5) is 16.5. The monoisotopic (exact) mass is 394 g/mol. The summed E-state index contributed by atoms with van der Waals surface area (Å²) in [5.74, 6) is 0.000585. The predicted octanol–water partition coefficient (Wildman–Crippen LogP) is 4.56. The lowest BCUT2D eigenvalue weighted by molar-refractivity contribution is -0.118. The standard InChI is InChI=1S/C16H12BrClN2OS/c17-11-3-1-10(2-4-11)9-14-15(21)20-16(22-14)19-13-7-5-12(18)6-8-13/h1-8,14H,9H2,(H,19,20,21)/t14-/m1/s1. The van der Waals surface area contributed by atoms with Crippen LogP contribution in [0.3, 0.4) is 0 Å². The number of carbonyl (C=O) groups is 1. The molecule has 6 heteroatoms. The molecule has 112 valence electrons. The van der Waals surface area contributed by atoms with Crippen LogP contribution in [0.2, 0.25) is 5.02 Å². The summed E-state index contributed by atoms with van der Waals surface area (Å²) < 4.78 is 1.03. The highest BCUT2D eigenvalue weighted by molar-refractivity contribution is 9.10. The Morgan fingerprint density at radius 3 is 2.50 bits per heavy atom. The number of benzene rings is 2. The third kappa shape index (κ3) is 3.91. The Bertz CT molecular complexity index is 716. The second kappa shape index (κ2) is 6.86. The third-order valence-corrected chi connectivity index (χ3v) is 5.03. The van der Waals surface area contributed by atoms with Crippen LogP contribution in [0.25, 0.3) is 0 Å². The zero-order chi connectivity index (χ0) is 15.5. The molecule has 0 saturated carbocycles. The summed E-state index contributed by atoms with van der Waals surface area (Å²) in [5.41, 5.74) is 1.90. The second-order valence-corrected chi connectivity index (χ2v) is 7.36. The SMILES string of the molecule is O=C1NC(=Nc2ccc(Cl)cc2)S[C@@H]1Cc1ccc(Br)cc1. The van der Waals surface area contributed by atoms with Crippen LogP contribution in [-0.2, 0) is 11.2 Å². The number of nitrogens with zero attached hydrogens (tertiary/aromatic N) is 1. The van der Waals surface area contributed by atoms with E-state index in [1.165, 1.54) is 11.8 Å². The fraction of sp³-hybridized carbons (Fsp3) is 0.125. The van der Waals surface area contributed by atoms with E-state index in [4.69, 9.17) is 11.6 Å². The van der Waals surface area contributed by atoms with Crippen LogP contribution in [0.1, 0.15) is 5.56 Å². The zero-order valence-corrected chi connectivity index (χ0v) is 14.6. The Hall–Kier alpha value is -1.30. The molecule has 2 aromatic carbocycles. The van der Waals surface area contributed by atoms with Gasteiger partial charge in [0.05, 0.1) is 10.9 Å². The number of hydrogen-bond acceptors (Lipinski definition) is 3. The van der Waals surface area contributed by atoms with Crippen molar-refractivity contribution in [1.29, 1.82) is 0 Å². The largest absolute Gasteiger partial charge is 0.304 e. The van der Waals surface area contributed by atoms with Crippen molar-refractivity contribution < 1.29 is 4.79 Å². The van der Waals surface area contributed by atoms with E-state index in [1.807, 2.05) is 36.4 Å². The molecule has 1 atom stereocenters. The third-order valence-electron chi connectivity index (χ3n) is 3.17. The fourth-order valence-corrected chi connectivity index (χ4v) is 3.48. The molecule has 1 amide bonds. The lowest BCUT2D eigenvalue weighted by atomic mass is 10.1. The molecule has 0 spiro atoms. The van der Waals surface area contributed by atoms with E-state index >= 15 is 0 Å². The Balaban J connectivity index is 1.70. The lowest BCUT2D eigenvalue weighted by Crippen LogP contribution is -2.25. The smallest absolute Gasteiger partial charge is 0.239 e. The van der Waals surface area contributed by atoms with Gasteiger partial charge in [-0.05, 0) is 48.4 Å². The molecule has 0 unspecified atom stereocenters. The van der Waals surface area contributed by atoms with Gasteiger partial charge >= 0.3 is 0 Å². The number of hydrogen-bond donors (Lipinski definition) is 1. The Morgan fingerprint density at radius 2 is 1.82 bits per heavy atom. The van der Waals surface area contributed by atoms with Crippen LogP contribution >= 0.6 is 39.3 Å². The van der Waals surface area contributed by atoms with Crippen molar-refractivity contribution in [2.24, 2.45) is 4.99 Å². The first-order valence-electron chi connectivity index (χ1n) is 6.66. The molecule has 1 aliphatic heterocycles. The maximum atomic E-state index is 12.1. The molecule has 22 heavy (non-hydrogen) atoms. The van der Waals surface area contributed by atoms with Crippen molar-refractivity contribution in [2.45, 2.75) is 11.7 Å². The summed E-state index contributed by atoms with van der Waals surface area (Å²) in [5, 5.41) is 3.98. The molecule has 1 saturated heterocycles. The van der Waals surface area contributed by atoms with E-state index in [0.717, 1.165) is 15.7 Å². The molecule has 0 bridgehead atoms. The topological polar surface area (TPSA) is 41.5 Å². The van der Waals surface area contributed by atoms with Crippen molar-refractivity contribution in [3.05, 3.63) is 63.6 Å². The fourth-order valence-electron chi connectivity index (χ4n) is 2.06. The van der Waals surface area contributed by atoms with Crippen molar-refractivity contribution in [1.82, 2.24) is 5.32 Å². The van der Waals surface area contributed by atoms with Crippen molar-refractivity contribution in [3.63, 3.8) is 0 Å². The second-order valence-electron chi connectivity index (χ2n) is 4.82. The minimum Gasteiger partial charge on any atom is -0.304 e. The van der Waals surface area contributed by atoms with Gasteiger partial charge in [-0.3, -0.25) is 4.79 Å². The molecule has 1 fully saturated rings. The number of amides is 1. The maximum absolute atomic E-state index is 12.1. The van der Waals surface area contributed by atoms with E-state index in [0.29, 0.717) is 16.6 Å². The minimum absolute atomic E-state index is 0.000585. The number of amidine groups is 1. The van der Waals surface area contributed by atoms with Gasteiger partial charge in [0.25, 0.3) is 0 Å². The van der Waals surface area contributed by atoms with Crippen LogP contribution in [0.4, 0.5) is 5.69 Å². The van der Waals surface area contributed by atoms with Gasteiger partial charge < -0.3 is 5.32 Å².